The number of nitrogens with zero attached hydrogens (tertiary/aromatic N) is 3. The first kappa shape index (κ1) is 15.0. The monoisotopic (exact) mass is 288 g/mol. The van der Waals surface area contributed by atoms with E-state index in [-0.39, 0.29) is 17.8 Å². The molecule has 6 nitrogen and oxygen atoms in total. The molecule has 2 rings (SSSR count). The van der Waals surface area contributed by atoms with Crippen molar-refractivity contribution in [2.45, 2.75) is 33.4 Å². The van der Waals surface area contributed by atoms with Gasteiger partial charge < -0.3 is 9.88 Å². The number of hydrogen-bond donors (Lipinski definition) is 1. The number of hydrogen-bond acceptors (Lipinski definition) is 4. The van der Waals surface area contributed by atoms with Crippen LogP contribution in [0.2, 0.25) is 0 Å². The van der Waals surface area contributed by atoms with Crippen molar-refractivity contribution >= 4 is 5.82 Å². The fraction of sp³-hybridized carbons (Fsp3) is 0.400. The zero-order chi connectivity index (χ0) is 15.2. The molecule has 2 aromatic heterocycles. The first-order valence-electron chi connectivity index (χ1n) is 7.15. The van der Waals surface area contributed by atoms with Gasteiger partial charge in [-0.2, -0.15) is 0 Å². The maximum atomic E-state index is 12.3. The highest BCUT2D eigenvalue weighted by molar-refractivity contribution is 5.35. The van der Waals surface area contributed by atoms with Gasteiger partial charge in [0.2, 0.25) is 0 Å². The fourth-order valence-corrected chi connectivity index (χ4v) is 2.12. The highest BCUT2D eigenvalue weighted by Crippen LogP contribution is 2.04. The summed E-state index contributed by atoms with van der Waals surface area (Å²) in [5.74, 6) is 0.743. The van der Waals surface area contributed by atoms with Crippen molar-refractivity contribution < 1.29 is 0 Å². The van der Waals surface area contributed by atoms with Crippen LogP contribution in [0.1, 0.15) is 26.0 Å². The Morgan fingerprint density at radius 3 is 2.71 bits per heavy atom. The van der Waals surface area contributed by atoms with Crippen molar-refractivity contribution in [3.05, 3.63) is 57.0 Å². The molecule has 0 atom stereocenters. The SMILES string of the molecule is CCCn1ccc(=O)n(Cc2cccc(NCC)n2)c1=O. The van der Waals surface area contributed by atoms with Gasteiger partial charge in [-0.15, -0.1) is 0 Å². The molecule has 0 unspecified atom stereocenters. The average Bonchev–Trinajstić information content (AvgIpc) is 2.47. The largest absolute Gasteiger partial charge is 0.370 e. The molecule has 0 spiro atoms. The van der Waals surface area contributed by atoms with Crippen LogP contribution in [0.25, 0.3) is 0 Å². The standard InChI is InChI=1S/C15H20N4O2/c1-3-9-18-10-8-14(20)19(15(18)21)11-12-6-5-7-13(17-12)16-4-2/h5-8,10H,3-4,9,11H2,1-2H3,(H,16,17). The molecule has 0 bridgehead atoms. The molecule has 0 aliphatic rings. The lowest BCUT2D eigenvalue weighted by molar-refractivity contribution is 0.567. The molecule has 112 valence electrons. The average molecular weight is 288 g/mol. The third kappa shape index (κ3) is 3.59. The Morgan fingerprint density at radius 1 is 1.19 bits per heavy atom. The van der Waals surface area contributed by atoms with Crippen LogP contribution in [-0.4, -0.2) is 20.7 Å². The summed E-state index contributed by atoms with van der Waals surface area (Å²) in [6, 6.07) is 6.95. The quantitative estimate of drug-likeness (QED) is 0.870. The van der Waals surface area contributed by atoms with Gasteiger partial charge in [0, 0.05) is 25.4 Å². The lowest BCUT2D eigenvalue weighted by atomic mass is 10.3. The van der Waals surface area contributed by atoms with Gasteiger partial charge in [-0.25, -0.2) is 9.78 Å². The van der Waals surface area contributed by atoms with Crippen LogP contribution in [-0.2, 0) is 13.1 Å². The van der Waals surface area contributed by atoms with Crippen molar-refractivity contribution in [1.82, 2.24) is 14.1 Å². The zero-order valence-corrected chi connectivity index (χ0v) is 12.4. The molecule has 6 heteroatoms. The number of aromatic nitrogens is 3. The second-order valence-corrected chi connectivity index (χ2v) is 4.76. The third-order valence-electron chi connectivity index (χ3n) is 3.09. The highest BCUT2D eigenvalue weighted by Gasteiger charge is 2.07. The first-order chi connectivity index (χ1) is 10.2. The van der Waals surface area contributed by atoms with Gasteiger partial charge in [-0.3, -0.25) is 9.36 Å². The lowest BCUT2D eigenvalue weighted by Gasteiger charge is -2.09. The number of rotatable bonds is 6. The van der Waals surface area contributed by atoms with E-state index in [2.05, 4.69) is 10.3 Å². The van der Waals surface area contributed by atoms with Crippen LogP contribution in [0.5, 0.6) is 0 Å². The maximum absolute atomic E-state index is 12.3. The van der Waals surface area contributed by atoms with E-state index >= 15 is 0 Å². The summed E-state index contributed by atoms with van der Waals surface area (Å²) in [4.78, 5) is 28.6. The van der Waals surface area contributed by atoms with E-state index in [9.17, 15) is 9.59 Å². The molecule has 0 aromatic carbocycles. The summed E-state index contributed by atoms with van der Waals surface area (Å²) in [6.07, 6.45) is 2.39. The molecular formula is C15H20N4O2. The normalized spacial score (nSPS) is 10.6. The van der Waals surface area contributed by atoms with E-state index in [1.165, 1.54) is 10.6 Å². The van der Waals surface area contributed by atoms with Gasteiger partial charge >= 0.3 is 5.69 Å². The van der Waals surface area contributed by atoms with Crippen molar-refractivity contribution in [3.8, 4) is 0 Å². The number of anilines is 1. The number of pyridine rings is 1. The second-order valence-electron chi connectivity index (χ2n) is 4.76. The molecule has 0 fully saturated rings. The second kappa shape index (κ2) is 6.88. The molecule has 1 N–H and O–H groups in total. The van der Waals surface area contributed by atoms with Crippen LogP contribution < -0.4 is 16.6 Å². The summed E-state index contributed by atoms with van der Waals surface area (Å²) in [5, 5.41) is 3.11. The van der Waals surface area contributed by atoms with Crippen LogP contribution in [0.15, 0.2) is 40.1 Å². The van der Waals surface area contributed by atoms with Crippen molar-refractivity contribution in [2.75, 3.05) is 11.9 Å². The number of nitrogens with one attached hydrogen (secondary N) is 1. The Labute approximate surface area is 123 Å². The predicted molar refractivity (Wildman–Crippen MR) is 82.8 cm³/mol. The molecule has 0 saturated heterocycles. The number of aryl methyl sites for hydroxylation is 1. The topological polar surface area (TPSA) is 68.9 Å². The zero-order valence-electron chi connectivity index (χ0n) is 12.4. The van der Waals surface area contributed by atoms with E-state index in [1.807, 2.05) is 32.0 Å². The van der Waals surface area contributed by atoms with Gasteiger partial charge in [-0.05, 0) is 25.5 Å². The van der Waals surface area contributed by atoms with Crippen molar-refractivity contribution in [3.63, 3.8) is 0 Å². The predicted octanol–water partition coefficient (Wildman–Crippen LogP) is 1.30. The molecule has 2 aromatic rings. The Kier molecular flexibility index (Phi) is 4.92. The summed E-state index contributed by atoms with van der Waals surface area (Å²) in [7, 11) is 0. The summed E-state index contributed by atoms with van der Waals surface area (Å²) in [5.41, 5.74) is 0.0879. The lowest BCUT2D eigenvalue weighted by Crippen LogP contribution is -2.39. The molecule has 21 heavy (non-hydrogen) atoms. The fourth-order valence-electron chi connectivity index (χ4n) is 2.12. The van der Waals surface area contributed by atoms with Gasteiger partial charge in [0.1, 0.15) is 5.82 Å². The Hall–Kier alpha value is -2.37. The molecule has 0 aliphatic heterocycles. The molecule has 0 aliphatic carbocycles. The van der Waals surface area contributed by atoms with E-state index in [4.69, 9.17) is 0 Å². The van der Waals surface area contributed by atoms with Gasteiger partial charge in [0.15, 0.2) is 0 Å². The van der Waals surface area contributed by atoms with Crippen molar-refractivity contribution in [2.24, 2.45) is 0 Å². The van der Waals surface area contributed by atoms with Crippen LogP contribution in [0.4, 0.5) is 5.82 Å². The van der Waals surface area contributed by atoms with Crippen LogP contribution in [0.3, 0.4) is 0 Å². The Morgan fingerprint density at radius 2 is 2.00 bits per heavy atom. The smallest absolute Gasteiger partial charge is 0.331 e. The Bertz CT molecular complexity index is 718. The Balaban J connectivity index is 2.35. The van der Waals surface area contributed by atoms with E-state index < -0.39 is 0 Å². The summed E-state index contributed by atoms with van der Waals surface area (Å²) >= 11 is 0. The maximum Gasteiger partial charge on any atom is 0.331 e. The van der Waals surface area contributed by atoms with Gasteiger partial charge in [-0.1, -0.05) is 13.0 Å². The summed E-state index contributed by atoms with van der Waals surface area (Å²) in [6.45, 7) is 5.53. The minimum Gasteiger partial charge on any atom is -0.370 e. The summed E-state index contributed by atoms with van der Waals surface area (Å²) < 4.78 is 2.77. The minimum absolute atomic E-state index is 0.182. The van der Waals surface area contributed by atoms with E-state index in [1.54, 1.807) is 10.8 Å². The van der Waals surface area contributed by atoms with E-state index in [0.29, 0.717) is 12.2 Å². The minimum atomic E-state index is -0.303. The first-order valence-corrected chi connectivity index (χ1v) is 7.15. The third-order valence-corrected chi connectivity index (χ3v) is 3.09. The molecule has 0 radical (unpaired) electrons. The molecular weight excluding hydrogens is 268 g/mol. The van der Waals surface area contributed by atoms with Crippen molar-refractivity contribution in [1.29, 1.82) is 0 Å². The van der Waals surface area contributed by atoms with Gasteiger partial charge in [0.25, 0.3) is 5.56 Å². The van der Waals surface area contributed by atoms with Crippen LogP contribution in [0, 0.1) is 0 Å². The van der Waals surface area contributed by atoms with Gasteiger partial charge in [0.05, 0.1) is 12.2 Å². The molecule has 2 heterocycles. The van der Waals surface area contributed by atoms with E-state index in [0.717, 1.165) is 18.8 Å². The molecule has 0 amide bonds. The van der Waals surface area contributed by atoms with Crippen LogP contribution >= 0.6 is 0 Å². The highest BCUT2D eigenvalue weighted by atomic mass is 16.2. The molecule has 0 saturated carbocycles.